The van der Waals surface area contributed by atoms with Crippen molar-refractivity contribution in [3.05, 3.63) is 47.5 Å². The van der Waals surface area contributed by atoms with Gasteiger partial charge in [0.05, 0.1) is 11.7 Å². The quantitative estimate of drug-likeness (QED) is 0.846. The highest BCUT2D eigenvalue weighted by Crippen LogP contribution is 2.34. The van der Waals surface area contributed by atoms with Gasteiger partial charge in [-0.15, -0.1) is 0 Å². The summed E-state index contributed by atoms with van der Waals surface area (Å²) in [5.74, 6) is -0.569. The number of aromatic nitrogens is 2. The van der Waals surface area contributed by atoms with Crippen LogP contribution >= 0.6 is 0 Å². The molecule has 0 unspecified atom stereocenters. The van der Waals surface area contributed by atoms with Crippen LogP contribution < -0.4 is 5.32 Å². The summed E-state index contributed by atoms with van der Waals surface area (Å²) >= 11 is 0. The second-order valence-corrected chi connectivity index (χ2v) is 6.59. The van der Waals surface area contributed by atoms with Gasteiger partial charge in [-0.25, -0.2) is 13.2 Å². The van der Waals surface area contributed by atoms with Gasteiger partial charge in [0.2, 0.25) is 0 Å². The summed E-state index contributed by atoms with van der Waals surface area (Å²) in [4.78, 5) is 12.2. The number of nitrogens with zero attached hydrogens (tertiary/aromatic N) is 2. The molecule has 1 amide bonds. The van der Waals surface area contributed by atoms with Crippen LogP contribution in [0.2, 0.25) is 0 Å². The molecule has 1 aliphatic rings. The molecule has 0 saturated heterocycles. The van der Waals surface area contributed by atoms with Gasteiger partial charge in [-0.1, -0.05) is 13.0 Å². The fourth-order valence-electron chi connectivity index (χ4n) is 3.18. The molecule has 1 aliphatic carbocycles. The fourth-order valence-corrected chi connectivity index (χ4v) is 3.18. The summed E-state index contributed by atoms with van der Waals surface area (Å²) in [6.07, 6.45) is 2.47. The maximum absolute atomic E-state index is 13.3. The van der Waals surface area contributed by atoms with Gasteiger partial charge in [-0.3, -0.25) is 9.48 Å². The molecule has 25 heavy (non-hydrogen) atoms. The van der Waals surface area contributed by atoms with Crippen molar-refractivity contribution < 1.29 is 18.0 Å². The number of hydrogen-bond acceptors (Lipinski definition) is 2. The highest BCUT2D eigenvalue weighted by Gasteiger charge is 2.25. The van der Waals surface area contributed by atoms with Crippen LogP contribution in [0.4, 0.5) is 18.9 Å². The monoisotopic (exact) mass is 351 g/mol. The fraction of sp³-hybridized carbons (Fsp3) is 0.444. The SMILES string of the molecule is C[C@H]1CC[C@H](n2cc(NC(=O)c3cccc(F)c3)c(C(F)F)n2)CC1. The van der Waals surface area contributed by atoms with E-state index in [1.54, 1.807) is 0 Å². The Hall–Kier alpha value is -2.31. The minimum Gasteiger partial charge on any atom is -0.319 e. The zero-order valence-corrected chi connectivity index (χ0v) is 13.9. The summed E-state index contributed by atoms with van der Waals surface area (Å²) < 4.78 is 41.4. The molecular formula is C18H20F3N3O. The molecule has 1 heterocycles. The lowest BCUT2D eigenvalue weighted by molar-refractivity contribution is 0.102. The minimum atomic E-state index is -2.80. The van der Waals surface area contributed by atoms with Gasteiger partial charge in [-0.05, 0) is 49.8 Å². The molecule has 0 spiro atoms. The number of hydrogen-bond donors (Lipinski definition) is 1. The van der Waals surface area contributed by atoms with E-state index < -0.39 is 23.8 Å². The van der Waals surface area contributed by atoms with Crippen molar-refractivity contribution in [2.75, 3.05) is 5.32 Å². The molecule has 7 heteroatoms. The van der Waals surface area contributed by atoms with Crippen LogP contribution in [0.15, 0.2) is 30.5 Å². The van der Waals surface area contributed by atoms with E-state index >= 15 is 0 Å². The first kappa shape index (κ1) is 17.5. The van der Waals surface area contributed by atoms with E-state index in [-0.39, 0.29) is 17.3 Å². The first-order chi connectivity index (χ1) is 11.9. The Morgan fingerprint density at radius 1 is 1.28 bits per heavy atom. The minimum absolute atomic E-state index is 0.0251. The topological polar surface area (TPSA) is 46.9 Å². The van der Waals surface area contributed by atoms with E-state index in [1.165, 1.54) is 29.1 Å². The van der Waals surface area contributed by atoms with Crippen molar-refractivity contribution in [3.8, 4) is 0 Å². The summed E-state index contributed by atoms with van der Waals surface area (Å²) in [5, 5.41) is 6.44. The van der Waals surface area contributed by atoms with Crippen LogP contribution in [-0.2, 0) is 0 Å². The second-order valence-electron chi connectivity index (χ2n) is 6.59. The van der Waals surface area contributed by atoms with Crippen LogP contribution in [0.25, 0.3) is 0 Å². The molecule has 1 aromatic carbocycles. The Bertz CT molecular complexity index is 752. The number of benzene rings is 1. The number of alkyl halides is 2. The number of carbonyl (C=O) groups excluding carboxylic acids is 1. The Morgan fingerprint density at radius 2 is 2.00 bits per heavy atom. The number of anilines is 1. The van der Waals surface area contributed by atoms with Crippen molar-refractivity contribution in [3.63, 3.8) is 0 Å². The molecule has 1 N–H and O–H groups in total. The lowest BCUT2D eigenvalue weighted by Gasteiger charge is -2.26. The van der Waals surface area contributed by atoms with Crippen LogP contribution in [-0.4, -0.2) is 15.7 Å². The average molecular weight is 351 g/mol. The van der Waals surface area contributed by atoms with Crippen LogP contribution in [0.1, 0.15) is 61.1 Å². The average Bonchev–Trinajstić information content (AvgIpc) is 2.99. The van der Waals surface area contributed by atoms with E-state index in [2.05, 4.69) is 17.3 Å². The van der Waals surface area contributed by atoms with Gasteiger partial charge in [-0.2, -0.15) is 5.10 Å². The molecule has 2 aromatic rings. The normalized spacial score (nSPS) is 20.7. The van der Waals surface area contributed by atoms with Crippen molar-refractivity contribution in [1.29, 1.82) is 0 Å². The van der Waals surface area contributed by atoms with E-state index in [0.29, 0.717) is 5.92 Å². The maximum Gasteiger partial charge on any atom is 0.284 e. The van der Waals surface area contributed by atoms with Gasteiger partial charge < -0.3 is 5.32 Å². The highest BCUT2D eigenvalue weighted by molar-refractivity contribution is 6.04. The molecule has 0 bridgehead atoms. The Morgan fingerprint density at radius 3 is 2.64 bits per heavy atom. The molecule has 1 fully saturated rings. The molecule has 0 aliphatic heterocycles. The third-order valence-electron chi connectivity index (χ3n) is 4.66. The van der Waals surface area contributed by atoms with E-state index in [1.807, 2.05) is 0 Å². The predicted molar refractivity (Wildman–Crippen MR) is 88.2 cm³/mol. The van der Waals surface area contributed by atoms with Gasteiger partial charge in [0, 0.05) is 11.8 Å². The number of halogens is 3. The molecule has 0 atom stereocenters. The zero-order chi connectivity index (χ0) is 18.0. The van der Waals surface area contributed by atoms with Crippen LogP contribution in [0.3, 0.4) is 0 Å². The van der Waals surface area contributed by atoms with Crippen molar-refractivity contribution in [2.24, 2.45) is 5.92 Å². The van der Waals surface area contributed by atoms with Gasteiger partial charge in [0.15, 0.2) is 5.69 Å². The molecule has 3 rings (SSSR count). The van der Waals surface area contributed by atoms with Crippen molar-refractivity contribution >= 4 is 11.6 Å². The summed E-state index contributed by atoms with van der Waals surface area (Å²) in [6.45, 7) is 2.18. The number of amides is 1. The van der Waals surface area contributed by atoms with E-state index in [4.69, 9.17) is 0 Å². The lowest BCUT2D eigenvalue weighted by Crippen LogP contribution is -2.17. The van der Waals surface area contributed by atoms with Gasteiger partial charge in [0.25, 0.3) is 12.3 Å². The third kappa shape index (κ3) is 4.03. The largest absolute Gasteiger partial charge is 0.319 e. The van der Waals surface area contributed by atoms with Crippen molar-refractivity contribution in [2.45, 2.75) is 45.1 Å². The molecule has 1 aromatic heterocycles. The summed E-state index contributed by atoms with van der Waals surface area (Å²) in [6, 6.07) is 5.15. The Labute approximate surface area is 144 Å². The predicted octanol–water partition coefficient (Wildman–Crippen LogP) is 4.96. The Balaban J connectivity index is 1.81. The maximum atomic E-state index is 13.3. The third-order valence-corrected chi connectivity index (χ3v) is 4.66. The number of carbonyl (C=O) groups is 1. The molecular weight excluding hydrogens is 331 g/mol. The molecule has 134 valence electrons. The van der Waals surface area contributed by atoms with Crippen LogP contribution in [0.5, 0.6) is 0 Å². The standard InChI is InChI=1S/C18H20F3N3O/c1-11-5-7-14(8-6-11)24-10-15(16(23-24)17(20)21)22-18(25)12-3-2-4-13(19)9-12/h2-4,9-11,14,17H,5-8H2,1H3,(H,22,25)/t11-,14-. The second kappa shape index (κ2) is 7.29. The smallest absolute Gasteiger partial charge is 0.284 e. The van der Waals surface area contributed by atoms with Crippen molar-refractivity contribution in [1.82, 2.24) is 9.78 Å². The zero-order valence-electron chi connectivity index (χ0n) is 13.9. The lowest BCUT2D eigenvalue weighted by atomic mass is 9.87. The number of nitrogens with one attached hydrogen (secondary N) is 1. The van der Waals surface area contributed by atoms with Gasteiger partial charge in [0.1, 0.15) is 5.82 Å². The molecule has 0 radical (unpaired) electrons. The first-order valence-electron chi connectivity index (χ1n) is 8.38. The summed E-state index contributed by atoms with van der Waals surface area (Å²) in [5.41, 5.74) is -0.411. The number of rotatable bonds is 4. The molecule has 4 nitrogen and oxygen atoms in total. The van der Waals surface area contributed by atoms with E-state index in [0.717, 1.165) is 31.7 Å². The Kier molecular flexibility index (Phi) is 5.11. The van der Waals surface area contributed by atoms with E-state index in [9.17, 15) is 18.0 Å². The van der Waals surface area contributed by atoms with Crippen LogP contribution in [0, 0.1) is 11.7 Å². The first-order valence-corrected chi connectivity index (χ1v) is 8.38. The summed E-state index contributed by atoms with van der Waals surface area (Å²) in [7, 11) is 0. The highest BCUT2D eigenvalue weighted by atomic mass is 19.3. The van der Waals surface area contributed by atoms with Gasteiger partial charge >= 0.3 is 0 Å². The molecule has 1 saturated carbocycles.